The largest absolute Gasteiger partial charge is 0.496 e. The average molecular weight is 541 g/mol. The molecule has 0 saturated carbocycles. The number of anilines is 1. The Morgan fingerprint density at radius 2 is 1.63 bits per heavy atom. The third kappa shape index (κ3) is 4.31. The summed E-state index contributed by atoms with van der Waals surface area (Å²) in [5, 5.41) is 1.59. The van der Waals surface area contributed by atoms with E-state index in [-0.39, 0.29) is 0 Å². The molecule has 0 aliphatic carbocycles. The summed E-state index contributed by atoms with van der Waals surface area (Å²) >= 11 is 9.11. The molecule has 0 radical (unpaired) electrons. The molecule has 0 amide bonds. The Bertz CT molecular complexity index is 1030. The molecule has 0 spiro atoms. The van der Waals surface area contributed by atoms with E-state index in [1.165, 1.54) is 0 Å². The van der Waals surface area contributed by atoms with Crippen molar-refractivity contribution < 1.29 is 14.2 Å². The van der Waals surface area contributed by atoms with Crippen LogP contribution in [-0.4, -0.2) is 39.4 Å². The fraction of sp³-hybridized carbons (Fsp3) is 0.348. The van der Waals surface area contributed by atoms with Crippen LogP contribution in [0.5, 0.6) is 11.5 Å². The summed E-state index contributed by atoms with van der Waals surface area (Å²) in [6, 6.07) is 10.1. The maximum atomic E-state index is 6.79. The molecule has 0 saturated heterocycles. The van der Waals surface area contributed by atoms with Gasteiger partial charge in [-0.25, -0.2) is 4.98 Å². The van der Waals surface area contributed by atoms with E-state index in [4.69, 9.17) is 30.8 Å². The summed E-state index contributed by atoms with van der Waals surface area (Å²) in [6.45, 7) is 6.57. The fourth-order valence-electron chi connectivity index (χ4n) is 3.65. The number of nitrogens with zero attached hydrogens (tertiary/aromatic N) is 2. The first-order valence-electron chi connectivity index (χ1n) is 9.76. The van der Waals surface area contributed by atoms with Gasteiger partial charge in [-0.05, 0) is 72.3 Å². The van der Waals surface area contributed by atoms with Crippen LogP contribution in [0.15, 0.2) is 30.3 Å². The molecular formula is C23H26ClIN2O3. The highest BCUT2D eigenvalue weighted by Crippen LogP contribution is 2.44. The minimum Gasteiger partial charge on any atom is -0.496 e. The first kappa shape index (κ1) is 22.9. The number of ether oxygens (including phenoxy) is 3. The van der Waals surface area contributed by atoms with Gasteiger partial charge >= 0.3 is 0 Å². The van der Waals surface area contributed by atoms with Gasteiger partial charge < -0.3 is 19.1 Å². The minimum absolute atomic E-state index is 0.455. The Labute approximate surface area is 196 Å². The second-order valence-corrected chi connectivity index (χ2v) is 8.33. The first-order chi connectivity index (χ1) is 14.5. The standard InChI is InChI=1S/C23H26ClIN2O3/c1-6-27(7-2)18-9-8-17(25)22-15(18)12-16(24)23(26-22)21-19(29-4)10-14(13-28-3)11-20(21)30-5/h8-12H,6-7,13H2,1-5H3. The van der Waals surface area contributed by atoms with Gasteiger partial charge in [0.1, 0.15) is 11.5 Å². The Morgan fingerprint density at radius 3 is 2.17 bits per heavy atom. The van der Waals surface area contributed by atoms with Crippen LogP contribution in [-0.2, 0) is 11.3 Å². The minimum atomic E-state index is 0.455. The van der Waals surface area contributed by atoms with Crippen LogP contribution in [0.4, 0.5) is 5.69 Å². The fourth-order valence-corrected chi connectivity index (χ4v) is 4.49. The van der Waals surface area contributed by atoms with Crippen molar-refractivity contribution in [1.82, 2.24) is 4.98 Å². The molecule has 1 heterocycles. The lowest BCUT2D eigenvalue weighted by Gasteiger charge is -2.24. The number of benzene rings is 2. The van der Waals surface area contributed by atoms with Gasteiger partial charge in [-0.1, -0.05) is 11.6 Å². The van der Waals surface area contributed by atoms with Crippen molar-refractivity contribution in [3.8, 4) is 22.8 Å². The van der Waals surface area contributed by atoms with Crippen LogP contribution < -0.4 is 14.4 Å². The molecular weight excluding hydrogens is 515 g/mol. The first-order valence-corrected chi connectivity index (χ1v) is 11.2. The molecule has 5 nitrogen and oxygen atoms in total. The van der Waals surface area contributed by atoms with Crippen molar-refractivity contribution in [2.75, 3.05) is 39.3 Å². The second-order valence-electron chi connectivity index (χ2n) is 6.76. The van der Waals surface area contributed by atoms with Gasteiger partial charge in [-0.15, -0.1) is 0 Å². The summed E-state index contributed by atoms with van der Waals surface area (Å²) in [7, 11) is 4.92. The summed E-state index contributed by atoms with van der Waals surface area (Å²) < 4.78 is 17.7. The van der Waals surface area contributed by atoms with E-state index in [1.807, 2.05) is 18.2 Å². The van der Waals surface area contributed by atoms with Gasteiger partial charge in [-0.2, -0.15) is 0 Å². The highest BCUT2D eigenvalue weighted by atomic mass is 127. The van der Waals surface area contributed by atoms with E-state index in [0.717, 1.165) is 44.4 Å². The van der Waals surface area contributed by atoms with E-state index in [1.54, 1.807) is 21.3 Å². The third-order valence-corrected chi connectivity index (χ3v) is 6.24. The number of aromatic nitrogens is 1. The van der Waals surface area contributed by atoms with Gasteiger partial charge in [0.2, 0.25) is 0 Å². The van der Waals surface area contributed by atoms with E-state index < -0.39 is 0 Å². The summed E-state index contributed by atoms with van der Waals surface area (Å²) in [5.41, 5.74) is 4.35. The highest BCUT2D eigenvalue weighted by Gasteiger charge is 2.21. The van der Waals surface area contributed by atoms with Crippen LogP contribution >= 0.6 is 34.2 Å². The van der Waals surface area contributed by atoms with Gasteiger partial charge in [-0.3, -0.25) is 0 Å². The highest BCUT2D eigenvalue weighted by molar-refractivity contribution is 14.1. The number of hydrogen-bond acceptors (Lipinski definition) is 5. The zero-order valence-corrected chi connectivity index (χ0v) is 20.8. The Balaban J connectivity index is 2.30. The Hall–Kier alpha value is -1.77. The molecule has 2 aromatic carbocycles. The summed E-state index contributed by atoms with van der Waals surface area (Å²) in [4.78, 5) is 7.29. The zero-order valence-electron chi connectivity index (χ0n) is 17.9. The molecule has 0 aliphatic heterocycles. The third-order valence-electron chi connectivity index (χ3n) is 5.08. The van der Waals surface area contributed by atoms with Crippen molar-refractivity contribution in [3.05, 3.63) is 44.5 Å². The molecule has 0 N–H and O–H groups in total. The lowest BCUT2D eigenvalue weighted by Crippen LogP contribution is -2.22. The van der Waals surface area contributed by atoms with Crippen LogP contribution in [0, 0.1) is 3.57 Å². The predicted molar refractivity (Wildman–Crippen MR) is 132 cm³/mol. The molecule has 3 rings (SSSR count). The molecule has 1 aromatic heterocycles. The van der Waals surface area contributed by atoms with Crippen LogP contribution in [0.2, 0.25) is 5.02 Å². The maximum Gasteiger partial charge on any atom is 0.132 e. The molecule has 160 valence electrons. The molecule has 0 unspecified atom stereocenters. The van der Waals surface area contributed by atoms with Crippen LogP contribution in [0.3, 0.4) is 0 Å². The van der Waals surface area contributed by atoms with Gasteiger partial charge in [0, 0.05) is 34.8 Å². The van der Waals surface area contributed by atoms with Gasteiger partial charge in [0.05, 0.1) is 42.6 Å². The molecule has 0 aliphatic rings. The summed E-state index contributed by atoms with van der Waals surface area (Å²) in [5.74, 6) is 1.29. The Morgan fingerprint density at radius 1 is 1.00 bits per heavy atom. The molecule has 3 aromatic rings. The number of methoxy groups -OCH3 is 3. The Kier molecular flexibility index (Phi) is 7.65. The van der Waals surface area contributed by atoms with E-state index in [9.17, 15) is 0 Å². The van der Waals surface area contributed by atoms with Crippen LogP contribution in [0.25, 0.3) is 22.2 Å². The second kappa shape index (κ2) is 10.0. The number of pyridine rings is 1. The molecule has 7 heteroatoms. The number of rotatable bonds is 8. The van der Waals surface area contributed by atoms with Crippen molar-refractivity contribution in [2.24, 2.45) is 0 Å². The average Bonchev–Trinajstić information content (AvgIpc) is 2.75. The normalized spacial score (nSPS) is 11.0. The van der Waals surface area contributed by atoms with Gasteiger partial charge in [0.15, 0.2) is 0 Å². The van der Waals surface area contributed by atoms with E-state index >= 15 is 0 Å². The smallest absolute Gasteiger partial charge is 0.132 e. The monoisotopic (exact) mass is 540 g/mol. The van der Waals surface area contributed by atoms with E-state index in [2.05, 4.69) is 53.5 Å². The molecule has 0 fully saturated rings. The SMILES string of the molecule is CCN(CC)c1ccc(I)c2nc(-c3c(OC)cc(COC)cc3OC)c(Cl)cc12. The topological polar surface area (TPSA) is 43.8 Å². The predicted octanol–water partition coefficient (Wildman–Crippen LogP) is 6.17. The van der Waals surface area contributed by atoms with Gasteiger partial charge in [0.25, 0.3) is 0 Å². The number of halogens is 2. The van der Waals surface area contributed by atoms with Crippen molar-refractivity contribution >= 4 is 50.8 Å². The molecule has 0 bridgehead atoms. The molecule has 0 atom stereocenters. The van der Waals surface area contributed by atoms with Crippen LogP contribution in [0.1, 0.15) is 19.4 Å². The molecule has 30 heavy (non-hydrogen) atoms. The van der Waals surface area contributed by atoms with Crippen molar-refractivity contribution in [2.45, 2.75) is 20.5 Å². The van der Waals surface area contributed by atoms with Crippen molar-refractivity contribution in [1.29, 1.82) is 0 Å². The van der Waals surface area contributed by atoms with E-state index in [0.29, 0.717) is 28.8 Å². The zero-order chi connectivity index (χ0) is 21.8. The van der Waals surface area contributed by atoms with Crippen molar-refractivity contribution in [3.63, 3.8) is 0 Å². The quantitative estimate of drug-likeness (QED) is 0.320. The number of hydrogen-bond donors (Lipinski definition) is 0. The maximum absolute atomic E-state index is 6.79. The number of fused-ring (bicyclic) bond motifs is 1. The lowest BCUT2D eigenvalue weighted by molar-refractivity contribution is 0.184. The summed E-state index contributed by atoms with van der Waals surface area (Å²) in [6.07, 6.45) is 0. The lowest BCUT2D eigenvalue weighted by atomic mass is 10.0.